The zero-order valence-corrected chi connectivity index (χ0v) is 8.67. The number of rotatable bonds is 3. The number of hydrogen-bond acceptors (Lipinski definition) is 1. The Morgan fingerprint density at radius 1 is 1.27 bits per heavy atom. The summed E-state index contributed by atoms with van der Waals surface area (Å²) in [7, 11) is 1.68. The molecule has 78 valence electrons. The third kappa shape index (κ3) is 4.08. The lowest BCUT2D eigenvalue weighted by Crippen LogP contribution is -2.31. The first-order chi connectivity index (χ1) is 7.20. The fourth-order valence-electron chi connectivity index (χ4n) is 0.923. The molecule has 4 N–H and O–H groups in total. The first-order valence-electron chi connectivity index (χ1n) is 4.57. The third-order valence-electron chi connectivity index (χ3n) is 1.79. The number of nitrogens with zero attached hydrogens (tertiary/aromatic N) is 2. The van der Waals surface area contributed by atoms with Crippen LogP contribution in [-0.4, -0.2) is 23.9 Å². The molecule has 1 aromatic rings. The maximum atomic E-state index is 5.31. The van der Waals surface area contributed by atoms with E-state index >= 15 is 0 Å². The monoisotopic (exact) mass is 203 g/mol. The van der Waals surface area contributed by atoms with Gasteiger partial charge in [0.25, 0.3) is 0 Å². The van der Waals surface area contributed by atoms with Crippen molar-refractivity contribution in [3.05, 3.63) is 42.0 Å². The fraction of sp³-hybridized carbons (Fsp3) is 0.0909. The predicted molar refractivity (Wildman–Crippen MR) is 63.5 cm³/mol. The Hall–Kier alpha value is -2.10. The molecular weight excluding hydrogens is 188 g/mol. The first kappa shape index (κ1) is 11.0. The van der Waals surface area contributed by atoms with Crippen LogP contribution >= 0.6 is 0 Å². The van der Waals surface area contributed by atoms with Gasteiger partial charge in [0.15, 0.2) is 0 Å². The Balaban J connectivity index is 2.58. The van der Waals surface area contributed by atoms with Crippen molar-refractivity contribution in [3.8, 4) is 0 Å². The average molecular weight is 203 g/mol. The lowest BCUT2D eigenvalue weighted by molar-refractivity contribution is -0.503. The second-order valence-corrected chi connectivity index (χ2v) is 2.98. The molecular formula is C11H15N4+. The van der Waals surface area contributed by atoms with E-state index in [4.69, 9.17) is 11.5 Å². The summed E-state index contributed by atoms with van der Waals surface area (Å²) >= 11 is 0. The lowest BCUT2D eigenvalue weighted by Gasteiger charge is -1.90. The predicted octanol–water partition coefficient (Wildman–Crippen LogP) is 0.601. The van der Waals surface area contributed by atoms with Crippen molar-refractivity contribution in [2.45, 2.75) is 0 Å². The van der Waals surface area contributed by atoms with E-state index in [1.165, 1.54) is 4.68 Å². The molecule has 0 aliphatic carbocycles. The first-order valence-corrected chi connectivity index (χ1v) is 4.57. The highest BCUT2D eigenvalue weighted by Gasteiger charge is 1.89. The standard InChI is InChI=1S/C11H14N4/c1-15(11(12)13)14-9-5-8-10-6-3-2-4-7-10/h2-9H,1H3,(H3,12,13)/p+1/b8-5+,14-9+. The minimum absolute atomic E-state index is 0.166. The maximum absolute atomic E-state index is 5.31. The van der Waals surface area contributed by atoms with E-state index < -0.39 is 0 Å². The van der Waals surface area contributed by atoms with Gasteiger partial charge in [0, 0.05) is 0 Å². The Morgan fingerprint density at radius 3 is 2.53 bits per heavy atom. The Bertz CT molecular complexity index is 386. The molecule has 0 amide bonds. The molecule has 0 aromatic heterocycles. The van der Waals surface area contributed by atoms with E-state index in [0.717, 1.165) is 5.56 Å². The van der Waals surface area contributed by atoms with Gasteiger partial charge >= 0.3 is 5.96 Å². The van der Waals surface area contributed by atoms with Crippen molar-refractivity contribution in [3.63, 3.8) is 0 Å². The topological polar surface area (TPSA) is 67.4 Å². The van der Waals surface area contributed by atoms with Gasteiger partial charge in [0.05, 0.1) is 13.3 Å². The Morgan fingerprint density at radius 2 is 1.93 bits per heavy atom. The minimum Gasteiger partial charge on any atom is -0.289 e. The number of guanidine groups is 1. The highest BCUT2D eigenvalue weighted by Crippen LogP contribution is 1.99. The van der Waals surface area contributed by atoms with Crippen molar-refractivity contribution < 1.29 is 4.68 Å². The normalized spacial score (nSPS) is 11.0. The minimum atomic E-state index is 0.166. The Labute approximate surface area is 89.2 Å². The van der Waals surface area contributed by atoms with Crippen molar-refractivity contribution in [1.29, 1.82) is 0 Å². The van der Waals surface area contributed by atoms with E-state index in [1.807, 2.05) is 42.5 Å². The number of allylic oxidation sites excluding steroid dienone is 1. The van der Waals surface area contributed by atoms with Gasteiger partial charge in [-0.1, -0.05) is 36.4 Å². The largest absolute Gasteiger partial charge is 0.364 e. The van der Waals surface area contributed by atoms with Crippen LogP contribution in [0.25, 0.3) is 6.08 Å². The summed E-state index contributed by atoms with van der Waals surface area (Å²) in [5.74, 6) is 0.166. The second kappa shape index (κ2) is 5.59. The molecule has 0 bridgehead atoms. The molecule has 1 aromatic carbocycles. The second-order valence-electron chi connectivity index (χ2n) is 2.98. The van der Waals surface area contributed by atoms with Gasteiger partial charge in [0.2, 0.25) is 0 Å². The summed E-state index contributed by atoms with van der Waals surface area (Å²) in [4.78, 5) is 0. The molecule has 0 atom stereocenters. The highest BCUT2D eigenvalue weighted by molar-refractivity contribution is 5.78. The molecule has 0 saturated carbocycles. The van der Waals surface area contributed by atoms with Crippen LogP contribution in [0.5, 0.6) is 0 Å². The van der Waals surface area contributed by atoms with Crippen LogP contribution < -0.4 is 11.5 Å². The summed E-state index contributed by atoms with van der Waals surface area (Å²) in [5.41, 5.74) is 11.7. The van der Waals surface area contributed by atoms with Crippen molar-refractivity contribution in [2.75, 3.05) is 7.05 Å². The quantitative estimate of drug-likeness (QED) is 0.327. The van der Waals surface area contributed by atoms with Gasteiger partial charge < -0.3 is 0 Å². The van der Waals surface area contributed by atoms with Crippen molar-refractivity contribution in [1.82, 2.24) is 0 Å². The molecule has 15 heavy (non-hydrogen) atoms. The van der Waals surface area contributed by atoms with Gasteiger partial charge in [-0.2, -0.15) is 0 Å². The molecule has 1 rings (SSSR count). The van der Waals surface area contributed by atoms with Gasteiger partial charge in [-0.3, -0.25) is 11.5 Å². The van der Waals surface area contributed by atoms with Gasteiger partial charge in [-0.05, 0) is 11.6 Å². The van der Waals surface area contributed by atoms with Gasteiger partial charge in [-0.15, -0.1) is 9.79 Å². The number of nitrogens with two attached hydrogens (primary N) is 2. The van der Waals surface area contributed by atoms with Gasteiger partial charge in [-0.25, -0.2) is 0 Å². The molecule has 4 heteroatoms. The molecule has 0 unspecified atom stereocenters. The number of benzene rings is 1. The molecule has 0 spiro atoms. The van der Waals surface area contributed by atoms with E-state index in [1.54, 1.807) is 13.3 Å². The molecule has 0 aliphatic rings. The van der Waals surface area contributed by atoms with Crippen LogP contribution in [0.2, 0.25) is 0 Å². The summed E-state index contributed by atoms with van der Waals surface area (Å²) in [5, 5.41) is 3.97. The van der Waals surface area contributed by atoms with Crippen LogP contribution in [0, 0.1) is 0 Å². The van der Waals surface area contributed by atoms with E-state index in [9.17, 15) is 0 Å². The zero-order chi connectivity index (χ0) is 11.1. The molecule has 4 nitrogen and oxygen atoms in total. The lowest BCUT2D eigenvalue weighted by atomic mass is 10.2. The summed E-state index contributed by atoms with van der Waals surface area (Å²) in [6.07, 6.45) is 5.41. The average Bonchev–Trinajstić information content (AvgIpc) is 2.25. The van der Waals surface area contributed by atoms with Crippen LogP contribution in [-0.2, 0) is 0 Å². The van der Waals surface area contributed by atoms with E-state index in [-0.39, 0.29) is 5.96 Å². The number of hydrazone groups is 1. The smallest absolute Gasteiger partial charge is 0.289 e. The third-order valence-corrected chi connectivity index (χ3v) is 1.79. The highest BCUT2D eigenvalue weighted by atomic mass is 15.4. The Kier molecular flexibility index (Phi) is 4.09. The zero-order valence-electron chi connectivity index (χ0n) is 8.67. The van der Waals surface area contributed by atoms with Gasteiger partial charge in [0.1, 0.15) is 0 Å². The van der Waals surface area contributed by atoms with Crippen LogP contribution in [0.3, 0.4) is 0 Å². The fourth-order valence-corrected chi connectivity index (χ4v) is 0.923. The van der Waals surface area contributed by atoms with E-state index in [0.29, 0.717) is 0 Å². The maximum Gasteiger partial charge on any atom is 0.364 e. The SMILES string of the molecule is C[N+](/N=C/C=C/c1ccccc1)=C(N)N. The van der Waals surface area contributed by atoms with Crippen molar-refractivity contribution in [2.24, 2.45) is 16.6 Å². The molecule has 0 fully saturated rings. The summed E-state index contributed by atoms with van der Waals surface area (Å²) in [6.45, 7) is 0. The van der Waals surface area contributed by atoms with Crippen LogP contribution in [0.1, 0.15) is 5.56 Å². The summed E-state index contributed by atoms with van der Waals surface area (Å²) < 4.78 is 1.40. The molecule has 0 saturated heterocycles. The van der Waals surface area contributed by atoms with Crippen LogP contribution in [0.4, 0.5) is 0 Å². The number of hydrogen-bond donors (Lipinski definition) is 2. The van der Waals surface area contributed by atoms with Crippen molar-refractivity contribution >= 4 is 18.3 Å². The summed E-state index contributed by atoms with van der Waals surface area (Å²) in [6, 6.07) is 9.96. The molecule has 0 radical (unpaired) electrons. The van der Waals surface area contributed by atoms with Crippen LogP contribution in [0.15, 0.2) is 41.5 Å². The van der Waals surface area contributed by atoms with E-state index in [2.05, 4.69) is 5.10 Å². The molecule has 0 aliphatic heterocycles. The molecule has 0 heterocycles.